The van der Waals surface area contributed by atoms with Crippen molar-refractivity contribution < 1.29 is 13.2 Å². The summed E-state index contributed by atoms with van der Waals surface area (Å²) in [5.74, 6) is 1.41. The third-order valence-electron chi connectivity index (χ3n) is 3.99. The predicted octanol–water partition coefficient (Wildman–Crippen LogP) is 2.96. The number of nitrogens with one attached hydrogen (secondary N) is 2. The van der Waals surface area contributed by atoms with E-state index in [9.17, 15) is 13.2 Å². The normalized spacial score (nSPS) is 12.6. The maximum Gasteiger partial charge on any atom is 0.434 e. The number of nitrogens with zero attached hydrogens (tertiary/aromatic N) is 4. The van der Waals surface area contributed by atoms with Crippen LogP contribution in [-0.2, 0) is 26.2 Å². The summed E-state index contributed by atoms with van der Waals surface area (Å²) in [6, 6.07) is 7.86. The number of aromatic nitrogens is 3. The topological polar surface area (TPSA) is 67.1 Å². The first-order valence-electron chi connectivity index (χ1n) is 8.25. The number of thiazole rings is 1. The number of para-hydroxylation sites is 2. The number of hydrogen-bond acceptors (Lipinski definition) is 4. The molecule has 2 N–H and O–H groups in total. The van der Waals surface area contributed by atoms with E-state index >= 15 is 0 Å². The zero-order valence-electron chi connectivity index (χ0n) is 14.8. The molecule has 2 heterocycles. The number of hydrogen-bond donors (Lipinski definition) is 2. The lowest BCUT2D eigenvalue weighted by Gasteiger charge is -2.11. The van der Waals surface area contributed by atoms with Gasteiger partial charge < -0.3 is 15.2 Å². The summed E-state index contributed by atoms with van der Waals surface area (Å²) in [7, 11) is 3.58. The molecule has 0 aliphatic heterocycles. The number of rotatable bonds is 5. The Hall–Kier alpha value is -2.62. The summed E-state index contributed by atoms with van der Waals surface area (Å²) in [5, 5.41) is 7.71. The number of aryl methyl sites for hydroxylation is 1. The van der Waals surface area contributed by atoms with E-state index in [4.69, 9.17) is 0 Å². The lowest BCUT2D eigenvalue weighted by Crippen LogP contribution is -2.38. The summed E-state index contributed by atoms with van der Waals surface area (Å²) in [4.78, 5) is 12.3. The molecule has 0 bridgehead atoms. The number of guanidine groups is 1. The molecule has 144 valence electrons. The molecule has 0 atom stereocenters. The van der Waals surface area contributed by atoms with E-state index < -0.39 is 11.9 Å². The van der Waals surface area contributed by atoms with Crippen molar-refractivity contribution in [2.24, 2.45) is 12.0 Å². The summed E-state index contributed by atoms with van der Waals surface area (Å²) < 4.78 is 39.7. The third kappa shape index (κ3) is 4.57. The lowest BCUT2D eigenvalue weighted by molar-refractivity contribution is -0.140. The third-order valence-corrected chi connectivity index (χ3v) is 4.90. The van der Waals surface area contributed by atoms with Gasteiger partial charge in [-0.15, -0.1) is 11.3 Å². The second-order valence-corrected chi connectivity index (χ2v) is 6.75. The molecule has 0 radical (unpaired) electrons. The Kier molecular flexibility index (Phi) is 5.64. The fourth-order valence-electron chi connectivity index (χ4n) is 2.58. The van der Waals surface area contributed by atoms with Gasteiger partial charge in [0, 0.05) is 32.4 Å². The standard InChI is InChI=1S/C17H19F3N6S/c1-21-16(22-8-7-15-25-13(10-27-15)17(18,19)20)23-9-14-24-11-5-3-4-6-12(11)26(14)2/h3-6,10H,7-9H2,1-2H3,(H2,21,22,23). The van der Waals surface area contributed by atoms with Crippen molar-refractivity contribution in [2.75, 3.05) is 13.6 Å². The molecule has 2 aromatic heterocycles. The maximum absolute atomic E-state index is 12.6. The van der Waals surface area contributed by atoms with Crippen LogP contribution in [0.5, 0.6) is 0 Å². The Morgan fingerprint density at radius 1 is 1.22 bits per heavy atom. The second-order valence-electron chi connectivity index (χ2n) is 5.80. The van der Waals surface area contributed by atoms with Crippen molar-refractivity contribution in [3.05, 3.63) is 46.2 Å². The first-order valence-corrected chi connectivity index (χ1v) is 9.13. The number of halogens is 3. The molecule has 1 aromatic carbocycles. The summed E-state index contributed by atoms with van der Waals surface area (Å²) in [5.41, 5.74) is 1.12. The average molecular weight is 396 g/mol. The zero-order valence-corrected chi connectivity index (χ0v) is 15.7. The largest absolute Gasteiger partial charge is 0.434 e. The van der Waals surface area contributed by atoms with Gasteiger partial charge in [0.05, 0.1) is 22.6 Å². The fraction of sp³-hybridized carbons (Fsp3) is 0.353. The number of benzene rings is 1. The average Bonchev–Trinajstić information content (AvgIpc) is 3.23. The van der Waals surface area contributed by atoms with Crippen molar-refractivity contribution in [2.45, 2.75) is 19.1 Å². The Balaban J connectivity index is 1.52. The van der Waals surface area contributed by atoms with Gasteiger partial charge in [-0.3, -0.25) is 4.99 Å². The molecule has 0 fully saturated rings. The first kappa shape index (κ1) is 19.2. The quantitative estimate of drug-likeness (QED) is 0.514. The van der Waals surface area contributed by atoms with Gasteiger partial charge in [-0.05, 0) is 12.1 Å². The van der Waals surface area contributed by atoms with Gasteiger partial charge in [0.2, 0.25) is 0 Å². The van der Waals surface area contributed by atoms with E-state index in [1.54, 1.807) is 7.05 Å². The van der Waals surface area contributed by atoms with Crippen molar-refractivity contribution in [1.29, 1.82) is 0 Å². The van der Waals surface area contributed by atoms with Gasteiger partial charge in [0.1, 0.15) is 5.82 Å². The van der Waals surface area contributed by atoms with Crippen LogP contribution >= 0.6 is 11.3 Å². The minimum atomic E-state index is -4.40. The van der Waals surface area contributed by atoms with Gasteiger partial charge in [0.15, 0.2) is 11.7 Å². The van der Waals surface area contributed by atoms with Crippen LogP contribution < -0.4 is 10.6 Å². The number of aliphatic imine (C=N–C) groups is 1. The van der Waals surface area contributed by atoms with Crippen LogP contribution in [0, 0.1) is 0 Å². The minimum Gasteiger partial charge on any atom is -0.356 e. The highest BCUT2D eigenvalue weighted by Crippen LogP contribution is 2.30. The molecule has 27 heavy (non-hydrogen) atoms. The van der Waals surface area contributed by atoms with Gasteiger partial charge in [0.25, 0.3) is 0 Å². The van der Waals surface area contributed by atoms with Gasteiger partial charge in [-0.2, -0.15) is 13.2 Å². The molecule has 0 unspecified atom stereocenters. The Morgan fingerprint density at radius 3 is 2.67 bits per heavy atom. The fourth-order valence-corrected chi connectivity index (χ4v) is 3.39. The van der Waals surface area contributed by atoms with E-state index in [1.807, 2.05) is 35.9 Å². The molecular formula is C17H19F3N6S. The molecule has 0 aliphatic rings. The molecule has 3 rings (SSSR count). The van der Waals surface area contributed by atoms with Crippen LogP contribution in [0.1, 0.15) is 16.5 Å². The maximum atomic E-state index is 12.6. The SMILES string of the molecule is CN=C(NCCc1nc(C(F)(F)F)cs1)NCc1nc2ccccc2n1C. The van der Waals surface area contributed by atoms with Gasteiger partial charge in [-0.25, -0.2) is 9.97 Å². The van der Waals surface area contributed by atoms with E-state index in [0.29, 0.717) is 30.5 Å². The highest BCUT2D eigenvalue weighted by Gasteiger charge is 2.33. The van der Waals surface area contributed by atoms with Crippen molar-refractivity contribution in [3.8, 4) is 0 Å². The molecule has 0 saturated carbocycles. The Bertz CT molecular complexity index is 944. The zero-order chi connectivity index (χ0) is 19.4. The molecule has 0 amide bonds. The van der Waals surface area contributed by atoms with Crippen LogP contribution in [0.15, 0.2) is 34.6 Å². The molecule has 3 aromatic rings. The van der Waals surface area contributed by atoms with E-state index in [2.05, 4.69) is 25.6 Å². The van der Waals surface area contributed by atoms with Crippen LogP contribution in [-0.4, -0.2) is 34.1 Å². The van der Waals surface area contributed by atoms with Crippen LogP contribution in [0.2, 0.25) is 0 Å². The molecular weight excluding hydrogens is 377 g/mol. The van der Waals surface area contributed by atoms with Gasteiger partial charge >= 0.3 is 6.18 Å². The highest BCUT2D eigenvalue weighted by molar-refractivity contribution is 7.09. The predicted molar refractivity (Wildman–Crippen MR) is 99.7 cm³/mol. The lowest BCUT2D eigenvalue weighted by atomic mass is 10.3. The van der Waals surface area contributed by atoms with E-state index in [1.165, 1.54) is 0 Å². The number of fused-ring (bicyclic) bond motifs is 1. The van der Waals surface area contributed by atoms with Crippen LogP contribution in [0.3, 0.4) is 0 Å². The molecule has 6 nitrogen and oxygen atoms in total. The minimum absolute atomic E-state index is 0.383. The first-order chi connectivity index (χ1) is 12.9. The molecule has 0 saturated heterocycles. The molecule has 0 aliphatic carbocycles. The van der Waals surface area contributed by atoms with Gasteiger partial charge in [-0.1, -0.05) is 12.1 Å². The molecule has 10 heteroatoms. The summed E-state index contributed by atoms with van der Waals surface area (Å²) in [6.45, 7) is 0.896. The Labute approximate surface area is 158 Å². The van der Waals surface area contributed by atoms with E-state index in [-0.39, 0.29) is 0 Å². The molecule has 0 spiro atoms. The van der Waals surface area contributed by atoms with Crippen molar-refractivity contribution >= 4 is 28.3 Å². The summed E-state index contributed by atoms with van der Waals surface area (Å²) >= 11 is 1.01. The van der Waals surface area contributed by atoms with E-state index in [0.717, 1.165) is 33.6 Å². The van der Waals surface area contributed by atoms with Crippen molar-refractivity contribution in [3.63, 3.8) is 0 Å². The van der Waals surface area contributed by atoms with Crippen LogP contribution in [0.4, 0.5) is 13.2 Å². The highest BCUT2D eigenvalue weighted by atomic mass is 32.1. The van der Waals surface area contributed by atoms with Crippen LogP contribution in [0.25, 0.3) is 11.0 Å². The monoisotopic (exact) mass is 396 g/mol. The second kappa shape index (κ2) is 7.95. The Morgan fingerprint density at radius 2 is 2.00 bits per heavy atom. The smallest absolute Gasteiger partial charge is 0.356 e. The van der Waals surface area contributed by atoms with Crippen molar-refractivity contribution in [1.82, 2.24) is 25.2 Å². The number of alkyl halides is 3. The number of imidazole rings is 1. The summed E-state index contributed by atoms with van der Waals surface area (Å²) in [6.07, 6.45) is -4.01.